The summed E-state index contributed by atoms with van der Waals surface area (Å²) in [5, 5.41) is 8.53. The van der Waals surface area contributed by atoms with E-state index >= 15 is 0 Å². The normalized spacial score (nSPS) is 21.1. The summed E-state index contributed by atoms with van der Waals surface area (Å²) >= 11 is 0. The molecular formula is C23H29N3O2. The second-order valence-corrected chi connectivity index (χ2v) is 7.60. The van der Waals surface area contributed by atoms with E-state index in [1.165, 1.54) is 17.2 Å². The van der Waals surface area contributed by atoms with Gasteiger partial charge in [0.1, 0.15) is 0 Å². The van der Waals surface area contributed by atoms with Crippen LogP contribution in [0.2, 0.25) is 0 Å². The molecule has 5 nitrogen and oxygen atoms in total. The van der Waals surface area contributed by atoms with Gasteiger partial charge >= 0.3 is 0 Å². The van der Waals surface area contributed by atoms with E-state index in [0.717, 1.165) is 31.7 Å². The highest BCUT2D eigenvalue weighted by molar-refractivity contribution is 5.90. The lowest BCUT2D eigenvalue weighted by atomic mass is 10.0. The van der Waals surface area contributed by atoms with E-state index in [2.05, 4.69) is 66.1 Å². The van der Waals surface area contributed by atoms with Crippen LogP contribution in [-0.4, -0.2) is 46.1 Å². The summed E-state index contributed by atoms with van der Waals surface area (Å²) in [5.41, 5.74) is 5.16. The highest BCUT2D eigenvalue weighted by Gasteiger charge is 2.29. The SMILES string of the molecule is C[C@@H]1CN(Cc2ccccc2)C[C@H](C)N1Cc1ccc(C=CC(=O)NO)cc1. The van der Waals surface area contributed by atoms with Gasteiger partial charge in [0.15, 0.2) is 0 Å². The monoisotopic (exact) mass is 379 g/mol. The van der Waals surface area contributed by atoms with E-state index in [1.54, 1.807) is 11.6 Å². The molecular weight excluding hydrogens is 350 g/mol. The number of benzene rings is 2. The first-order valence-electron chi connectivity index (χ1n) is 9.78. The Balaban J connectivity index is 1.57. The Kier molecular flexibility index (Phi) is 6.98. The number of carbonyl (C=O) groups is 1. The molecule has 2 atom stereocenters. The minimum atomic E-state index is -0.528. The largest absolute Gasteiger partial charge is 0.296 e. The molecule has 0 aliphatic carbocycles. The molecule has 3 rings (SSSR count). The van der Waals surface area contributed by atoms with Crippen LogP contribution in [0.25, 0.3) is 6.08 Å². The van der Waals surface area contributed by atoms with Crippen molar-refractivity contribution < 1.29 is 10.0 Å². The van der Waals surface area contributed by atoms with E-state index in [4.69, 9.17) is 5.21 Å². The zero-order valence-corrected chi connectivity index (χ0v) is 16.6. The van der Waals surface area contributed by atoms with Gasteiger partial charge in [-0.3, -0.25) is 19.8 Å². The quantitative estimate of drug-likeness (QED) is 0.459. The molecule has 1 fully saturated rings. The van der Waals surface area contributed by atoms with Crippen molar-refractivity contribution in [3.8, 4) is 0 Å². The average molecular weight is 380 g/mol. The van der Waals surface area contributed by atoms with Crippen molar-refractivity contribution >= 4 is 12.0 Å². The van der Waals surface area contributed by atoms with Crippen molar-refractivity contribution in [1.82, 2.24) is 15.3 Å². The molecule has 1 saturated heterocycles. The van der Waals surface area contributed by atoms with Crippen molar-refractivity contribution in [2.24, 2.45) is 0 Å². The molecule has 2 N–H and O–H groups in total. The topological polar surface area (TPSA) is 55.8 Å². The molecule has 2 aromatic rings. The fourth-order valence-electron chi connectivity index (χ4n) is 3.90. The van der Waals surface area contributed by atoms with Gasteiger partial charge in [0, 0.05) is 44.3 Å². The summed E-state index contributed by atoms with van der Waals surface area (Å²) in [6.07, 6.45) is 2.99. The molecule has 0 saturated carbocycles. The third-order valence-corrected chi connectivity index (χ3v) is 5.31. The molecule has 0 bridgehead atoms. The average Bonchev–Trinajstić information content (AvgIpc) is 2.70. The van der Waals surface area contributed by atoms with Gasteiger partial charge in [-0.15, -0.1) is 0 Å². The Hall–Kier alpha value is -2.47. The van der Waals surface area contributed by atoms with Gasteiger partial charge in [0.2, 0.25) is 0 Å². The zero-order chi connectivity index (χ0) is 19.9. The molecule has 0 radical (unpaired) electrons. The number of nitrogens with one attached hydrogen (secondary N) is 1. The van der Waals surface area contributed by atoms with Gasteiger partial charge in [-0.2, -0.15) is 0 Å². The molecule has 1 aliphatic rings. The van der Waals surface area contributed by atoms with Crippen LogP contribution in [0.1, 0.15) is 30.5 Å². The number of carbonyl (C=O) groups excluding carboxylic acids is 1. The predicted molar refractivity (Wildman–Crippen MR) is 112 cm³/mol. The van der Waals surface area contributed by atoms with Crippen LogP contribution in [-0.2, 0) is 17.9 Å². The summed E-state index contributed by atoms with van der Waals surface area (Å²) in [5.74, 6) is -0.528. The van der Waals surface area contributed by atoms with Crippen LogP contribution in [0.4, 0.5) is 0 Å². The molecule has 0 unspecified atom stereocenters. The molecule has 1 amide bonds. The van der Waals surface area contributed by atoms with Gasteiger partial charge in [-0.1, -0.05) is 54.6 Å². The van der Waals surface area contributed by atoms with Crippen LogP contribution < -0.4 is 5.48 Å². The van der Waals surface area contributed by atoms with E-state index in [1.807, 2.05) is 12.1 Å². The lowest BCUT2D eigenvalue weighted by molar-refractivity contribution is -0.124. The summed E-state index contributed by atoms with van der Waals surface area (Å²) in [4.78, 5) is 16.2. The third kappa shape index (κ3) is 5.52. The molecule has 0 aromatic heterocycles. The van der Waals surface area contributed by atoms with E-state index < -0.39 is 5.91 Å². The Bertz CT molecular complexity index is 777. The van der Waals surface area contributed by atoms with E-state index in [0.29, 0.717) is 12.1 Å². The predicted octanol–water partition coefficient (Wildman–Crippen LogP) is 3.30. The lowest BCUT2D eigenvalue weighted by Gasteiger charge is -2.44. The number of piperazine rings is 1. The fraction of sp³-hybridized carbons (Fsp3) is 0.348. The Morgan fingerprint density at radius 3 is 2.21 bits per heavy atom. The van der Waals surface area contributed by atoms with Gasteiger partial charge in [0.25, 0.3) is 5.91 Å². The van der Waals surface area contributed by atoms with E-state index in [9.17, 15) is 4.79 Å². The second-order valence-electron chi connectivity index (χ2n) is 7.60. The van der Waals surface area contributed by atoms with Crippen LogP contribution in [0.5, 0.6) is 0 Å². The van der Waals surface area contributed by atoms with Crippen molar-refractivity contribution in [2.75, 3.05) is 13.1 Å². The Labute approximate surface area is 167 Å². The first-order chi connectivity index (χ1) is 13.5. The first-order valence-corrected chi connectivity index (χ1v) is 9.78. The van der Waals surface area contributed by atoms with Gasteiger partial charge in [0.05, 0.1) is 0 Å². The van der Waals surface area contributed by atoms with Crippen molar-refractivity contribution in [1.29, 1.82) is 0 Å². The molecule has 28 heavy (non-hydrogen) atoms. The Morgan fingerprint density at radius 1 is 1.00 bits per heavy atom. The molecule has 0 spiro atoms. The second kappa shape index (κ2) is 9.64. The van der Waals surface area contributed by atoms with Crippen molar-refractivity contribution in [3.05, 3.63) is 77.4 Å². The Morgan fingerprint density at radius 2 is 1.61 bits per heavy atom. The highest BCUT2D eigenvalue weighted by Crippen LogP contribution is 2.21. The van der Waals surface area contributed by atoms with Crippen molar-refractivity contribution in [2.45, 2.75) is 39.0 Å². The maximum Gasteiger partial charge on any atom is 0.267 e. The maximum atomic E-state index is 11.1. The zero-order valence-electron chi connectivity index (χ0n) is 16.6. The van der Waals surface area contributed by atoms with Crippen LogP contribution >= 0.6 is 0 Å². The van der Waals surface area contributed by atoms with Crippen molar-refractivity contribution in [3.63, 3.8) is 0 Å². The van der Waals surface area contributed by atoms with Crippen LogP contribution in [0.15, 0.2) is 60.7 Å². The van der Waals surface area contributed by atoms with Crippen LogP contribution in [0, 0.1) is 0 Å². The van der Waals surface area contributed by atoms with Crippen LogP contribution in [0.3, 0.4) is 0 Å². The lowest BCUT2D eigenvalue weighted by Crippen LogP contribution is -2.55. The smallest absolute Gasteiger partial charge is 0.267 e. The minimum absolute atomic E-state index is 0.486. The fourth-order valence-corrected chi connectivity index (χ4v) is 3.90. The molecule has 1 aliphatic heterocycles. The third-order valence-electron chi connectivity index (χ3n) is 5.31. The van der Waals surface area contributed by atoms with E-state index in [-0.39, 0.29) is 0 Å². The number of hydrogen-bond donors (Lipinski definition) is 2. The van der Waals surface area contributed by atoms with Gasteiger partial charge in [-0.05, 0) is 36.6 Å². The molecule has 5 heteroatoms. The number of hydroxylamine groups is 1. The summed E-state index contributed by atoms with van der Waals surface area (Å²) in [6, 6.07) is 19.8. The number of nitrogens with zero attached hydrogens (tertiary/aromatic N) is 2. The number of rotatable bonds is 6. The number of hydrogen-bond acceptors (Lipinski definition) is 4. The summed E-state index contributed by atoms with van der Waals surface area (Å²) in [7, 11) is 0. The maximum absolute atomic E-state index is 11.1. The standard InChI is InChI=1S/C23H29N3O2/c1-18-14-25(16-21-6-4-3-5-7-21)15-19(2)26(18)17-22-10-8-20(9-11-22)12-13-23(27)24-28/h3-13,18-19,28H,14-17H2,1-2H3,(H,24,27)/t18-,19+. The molecule has 148 valence electrons. The highest BCUT2D eigenvalue weighted by atomic mass is 16.5. The molecule has 1 heterocycles. The minimum Gasteiger partial charge on any atom is -0.296 e. The van der Waals surface area contributed by atoms with Gasteiger partial charge in [-0.25, -0.2) is 5.48 Å². The number of amides is 1. The summed E-state index contributed by atoms with van der Waals surface area (Å²) < 4.78 is 0. The molecule has 2 aromatic carbocycles. The van der Waals surface area contributed by atoms with Gasteiger partial charge < -0.3 is 0 Å². The first kappa shape index (κ1) is 20.3. The summed E-state index contributed by atoms with van der Waals surface area (Å²) in [6.45, 7) is 8.66.